The minimum atomic E-state index is -1.01. The van der Waals surface area contributed by atoms with Crippen molar-refractivity contribution in [1.82, 2.24) is 5.32 Å². The fraction of sp³-hybridized carbons (Fsp3) is 0.308. The highest BCUT2D eigenvalue weighted by atomic mass is 35.5. The molecule has 1 heterocycles. The third kappa shape index (κ3) is 2.60. The fourth-order valence-electron chi connectivity index (χ4n) is 2.11. The highest BCUT2D eigenvalue weighted by molar-refractivity contribution is 6.34. The van der Waals surface area contributed by atoms with E-state index < -0.39 is 11.9 Å². The van der Waals surface area contributed by atoms with Crippen LogP contribution in [0.1, 0.15) is 16.8 Å². The van der Waals surface area contributed by atoms with Gasteiger partial charge in [-0.05, 0) is 18.2 Å². The van der Waals surface area contributed by atoms with Gasteiger partial charge in [0.15, 0.2) is 0 Å². The van der Waals surface area contributed by atoms with Crippen LogP contribution in [0.2, 0.25) is 5.02 Å². The largest absolute Gasteiger partial charge is 0.481 e. The second kappa shape index (κ2) is 5.50. The Hall–Kier alpha value is -2.08. The summed E-state index contributed by atoms with van der Waals surface area (Å²) >= 11 is 6.04. The van der Waals surface area contributed by atoms with Crippen LogP contribution in [-0.2, 0) is 9.59 Å². The van der Waals surface area contributed by atoms with E-state index in [1.165, 1.54) is 24.1 Å². The number of nitrogens with zero attached hydrogens (tertiary/aromatic N) is 1. The van der Waals surface area contributed by atoms with Crippen LogP contribution >= 0.6 is 11.6 Å². The lowest BCUT2D eigenvalue weighted by Gasteiger charge is -2.18. The molecule has 1 aliphatic heterocycles. The number of carbonyl (C=O) groups excluding carboxylic acids is 2. The quantitative estimate of drug-likeness (QED) is 0.875. The minimum absolute atomic E-state index is 0.0597. The maximum absolute atomic E-state index is 11.9. The molecular weight excluding hydrogens is 284 g/mol. The molecule has 20 heavy (non-hydrogen) atoms. The second-order valence-corrected chi connectivity index (χ2v) is 4.90. The molecule has 0 saturated carbocycles. The summed E-state index contributed by atoms with van der Waals surface area (Å²) in [4.78, 5) is 35.8. The number of nitrogens with one attached hydrogen (secondary N) is 1. The molecule has 1 fully saturated rings. The molecule has 1 aromatic rings. The molecule has 1 saturated heterocycles. The van der Waals surface area contributed by atoms with Gasteiger partial charge in [-0.25, -0.2) is 0 Å². The highest BCUT2D eigenvalue weighted by Gasteiger charge is 2.36. The summed E-state index contributed by atoms with van der Waals surface area (Å²) in [7, 11) is 1.50. The Morgan fingerprint density at radius 3 is 2.70 bits per heavy atom. The van der Waals surface area contributed by atoms with E-state index >= 15 is 0 Å². The third-order valence-electron chi connectivity index (χ3n) is 3.20. The van der Waals surface area contributed by atoms with E-state index in [-0.39, 0.29) is 24.8 Å². The van der Waals surface area contributed by atoms with Gasteiger partial charge in [-0.15, -0.1) is 0 Å². The zero-order chi connectivity index (χ0) is 14.9. The smallest absolute Gasteiger partial charge is 0.308 e. The molecule has 2 N–H and O–H groups in total. The van der Waals surface area contributed by atoms with Crippen LogP contribution in [0.3, 0.4) is 0 Å². The van der Waals surface area contributed by atoms with E-state index in [0.29, 0.717) is 16.3 Å². The molecular formula is C13H13ClN2O4. The van der Waals surface area contributed by atoms with Crippen molar-refractivity contribution in [3.8, 4) is 0 Å². The summed E-state index contributed by atoms with van der Waals surface area (Å²) < 4.78 is 0. The topological polar surface area (TPSA) is 86.7 Å². The first-order valence-corrected chi connectivity index (χ1v) is 6.36. The number of carboxylic acid groups (broad SMARTS) is 1. The third-order valence-corrected chi connectivity index (χ3v) is 3.52. The van der Waals surface area contributed by atoms with Crippen LogP contribution in [0.25, 0.3) is 0 Å². The summed E-state index contributed by atoms with van der Waals surface area (Å²) in [6, 6.07) is 4.55. The van der Waals surface area contributed by atoms with Crippen LogP contribution < -0.4 is 10.2 Å². The van der Waals surface area contributed by atoms with Crippen LogP contribution in [0, 0.1) is 5.92 Å². The van der Waals surface area contributed by atoms with Crippen molar-refractivity contribution in [2.24, 2.45) is 5.92 Å². The lowest BCUT2D eigenvalue weighted by molar-refractivity contribution is -0.141. The molecule has 0 bridgehead atoms. The number of rotatable bonds is 3. The summed E-state index contributed by atoms with van der Waals surface area (Å²) in [6.45, 7) is 0.0606. The van der Waals surface area contributed by atoms with Crippen molar-refractivity contribution in [3.05, 3.63) is 28.8 Å². The number of carbonyl (C=O) groups is 3. The zero-order valence-electron chi connectivity index (χ0n) is 10.7. The second-order valence-electron chi connectivity index (χ2n) is 4.49. The maximum Gasteiger partial charge on any atom is 0.308 e. The van der Waals surface area contributed by atoms with Gasteiger partial charge in [0.2, 0.25) is 5.91 Å². The molecule has 0 aliphatic carbocycles. The number of amides is 2. The molecule has 0 radical (unpaired) electrons. The van der Waals surface area contributed by atoms with E-state index in [9.17, 15) is 14.4 Å². The Labute approximate surface area is 120 Å². The van der Waals surface area contributed by atoms with Gasteiger partial charge in [0.05, 0.1) is 16.6 Å². The van der Waals surface area contributed by atoms with Gasteiger partial charge in [0.25, 0.3) is 5.91 Å². The van der Waals surface area contributed by atoms with E-state index in [0.717, 1.165) is 0 Å². The van der Waals surface area contributed by atoms with Crippen molar-refractivity contribution >= 4 is 35.1 Å². The summed E-state index contributed by atoms with van der Waals surface area (Å²) in [6.07, 6.45) is -0.0597. The van der Waals surface area contributed by atoms with Crippen LogP contribution in [-0.4, -0.2) is 36.5 Å². The number of halogens is 1. The Bertz CT molecular complexity index is 588. The van der Waals surface area contributed by atoms with Gasteiger partial charge in [0.1, 0.15) is 0 Å². The van der Waals surface area contributed by atoms with E-state index in [4.69, 9.17) is 16.7 Å². The molecule has 106 valence electrons. The first-order valence-electron chi connectivity index (χ1n) is 5.99. The van der Waals surface area contributed by atoms with Crippen LogP contribution in [0.5, 0.6) is 0 Å². The van der Waals surface area contributed by atoms with Gasteiger partial charge < -0.3 is 15.3 Å². The van der Waals surface area contributed by atoms with Crippen molar-refractivity contribution in [1.29, 1.82) is 0 Å². The molecule has 7 heteroatoms. The monoisotopic (exact) mass is 296 g/mol. The number of hydrogen-bond donors (Lipinski definition) is 2. The predicted molar refractivity (Wildman–Crippen MR) is 72.9 cm³/mol. The highest BCUT2D eigenvalue weighted by Crippen LogP contribution is 2.32. The molecule has 2 amide bonds. The van der Waals surface area contributed by atoms with Crippen molar-refractivity contribution in [2.45, 2.75) is 6.42 Å². The summed E-state index contributed by atoms with van der Waals surface area (Å²) in [5.74, 6) is -2.38. The fourth-order valence-corrected chi connectivity index (χ4v) is 2.33. The molecule has 0 spiro atoms. The molecule has 1 atom stereocenters. The molecule has 1 aliphatic rings. The Morgan fingerprint density at radius 2 is 2.15 bits per heavy atom. The lowest BCUT2D eigenvalue weighted by Crippen LogP contribution is -2.27. The van der Waals surface area contributed by atoms with Gasteiger partial charge >= 0.3 is 5.97 Å². The number of benzene rings is 1. The van der Waals surface area contributed by atoms with Crippen molar-refractivity contribution < 1.29 is 19.5 Å². The van der Waals surface area contributed by atoms with E-state index in [2.05, 4.69) is 5.32 Å². The van der Waals surface area contributed by atoms with Gasteiger partial charge in [-0.2, -0.15) is 0 Å². The number of carboxylic acids is 1. The lowest BCUT2D eigenvalue weighted by atomic mass is 10.1. The molecule has 1 unspecified atom stereocenters. The van der Waals surface area contributed by atoms with Crippen LogP contribution in [0.4, 0.5) is 5.69 Å². The van der Waals surface area contributed by atoms with Crippen molar-refractivity contribution in [2.75, 3.05) is 18.5 Å². The first kappa shape index (κ1) is 14.3. The molecule has 6 nitrogen and oxygen atoms in total. The maximum atomic E-state index is 11.9. The van der Waals surface area contributed by atoms with Gasteiger partial charge in [0, 0.05) is 25.6 Å². The number of aliphatic carboxylic acids is 1. The van der Waals surface area contributed by atoms with Gasteiger partial charge in [-0.3, -0.25) is 14.4 Å². The van der Waals surface area contributed by atoms with E-state index in [1.54, 1.807) is 6.07 Å². The Balaban J connectivity index is 2.35. The number of anilines is 1. The summed E-state index contributed by atoms with van der Waals surface area (Å²) in [5, 5.41) is 11.7. The SMILES string of the molecule is CNC(=O)c1ccc(Cl)c(N2CC(C(=O)O)CC2=O)c1. The number of hydrogen-bond acceptors (Lipinski definition) is 3. The molecule has 1 aromatic carbocycles. The zero-order valence-corrected chi connectivity index (χ0v) is 11.5. The normalized spacial score (nSPS) is 18.2. The predicted octanol–water partition coefficient (Wildman–Crippen LogP) is 1.14. The first-order chi connectivity index (χ1) is 9.43. The Morgan fingerprint density at radius 1 is 1.45 bits per heavy atom. The average Bonchev–Trinajstić information content (AvgIpc) is 2.80. The minimum Gasteiger partial charge on any atom is -0.481 e. The van der Waals surface area contributed by atoms with Crippen LogP contribution in [0.15, 0.2) is 18.2 Å². The van der Waals surface area contributed by atoms with Crippen molar-refractivity contribution in [3.63, 3.8) is 0 Å². The Kier molecular flexibility index (Phi) is 3.94. The molecule has 0 aromatic heterocycles. The standard InChI is InChI=1S/C13H13ClN2O4/c1-15-12(18)7-2-3-9(14)10(4-7)16-6-8(13(19)20)5-11(16)17/h2-4,8H,5-6H2,1H3,(H,15,18)(H,19,20). The molecule has 2 rings (SSSR count). The van der Waals surface area contributed by atoms with Gasteiger partial charge in [-0.1, -0.05) is 11.6 Å². The average molecular weight is 297 g/mol. The summed E-state index contributed by atoms with van der Waals surface area (Å²) in [5.41, 5.74) is 0.722. The van der Waals surface area contributed by atoms with E-state index in [1.807, 2.05) is 0 Å².